The van der Waals surface area contributed by atoms with Crippen LogP contribution in [0.4, 0.5) is 0 Å². The molecular formula is C14H28O. The first-order chi connectivity index (χ1) is 7.03. The predicted octanol–water partition coefficient (Wildman–Crippen LogP) is 4.00. The van der Waals surface area contributed by atoms with Gasteiger partial charge in [-0.1, -0.05) is 40.5 Å². The molecule has 0 aromatic carbocycles. The zero-order valence-electron chi connectivity index (χ0n) is 10.9. The normalized spacial score (nSPS) is 37.2. The first kappa shape index (κ1) is 13.0. The van der Waals surface area contributed by atoms with Crippen LogP contribution < -0.4 is 0 Å². The van der Waals surface area contributed by atoms with E-state index in [1.54, 1.807) is 0 Å². The Morgan fingerprint density at radius 1 is 1.40 bits per heavy atom. The van der Waals surface area contributed by atoms with Crippen LogP contribution in [0.1, 0.15) is 66.2 Å². The molecule has 0 aromatic rings. The molecule has 1 nitrogen and oxygen atoms in total. The van der Waals surface area contributed by atoms with Crippen LogP contribution in [0, 0.1) is 17.3 Å². The van der Waals surface area contributed by atoms with E-state index in [2.05, 4.69) is 27.7 Å². The van der Waals surface area contributed by atoms with E-state index in [0.717, 1.165) is 6.42 Å². The van der Waals surface area contributed by atoms with Gasteiger partial charge in [-0.2, -0.15) is 0 Å². The summed E-state index contributed by atoms with van der Waals surface area (Å²) in [4.78, 5) is 0. The standard InChI is InChI=1S/C14H28O/c1-5-6-8-14(11(2)3)9-7-12(4)10-13(14)15/h11-13,15H,5-10H2,1-4H3. The van der Waals surface area contributed by atoms with Gasteiger partial charge in [-0.05, 0) is 42.9 Å². The van der Waals surface area contributed by atoms with Crippen LogP contribution in [0.15, 0.2) is 0 Å². The van der Waals surface area contributed by atoms with Crippen molar-refractivity contribution < 1.29 is 5.11 Å². The Morgan fingerprint density at radius 2 is 2.07 bits per heavy atom. The minimum atomic E-state index is -0.0622. The lowest BCUT2D eigenvalue weighted by atomic mass is 9.61. The molecule has 1 fully saturated rings. The van der Waals surface area contributed by atoms with Crippen LogP contribution in [-0.4, -0.2) is 11.2 Å². The highest BCUT2D eigenvalue weighted by atomic mass is 16.3. The van der Waals surface area contributed by atoms with E-state index < -0.39 is 0 Å². The van der Waals surface area contributed by atoms with E-state index in [-0.39, 0.29) is 11.5 Å². The molecule has 0 radical (unpaired) electrons. The second kappa shape index (κ2) is 5.34. The third-order valence-electron chi connectivity index (χ3n) is 4.54. The van der Waals surface area contributed by atoms with Crippen molar-refractivity contribution >= 4 is 0 Å². The van der Waals surface area contributed by atoms with E-state index in [1.807, 2.05) is 0 Å². The molecule has 0 aromatic heterocycles. The summed E-state index contributed by atoms with van der Waals surface area (Å²) in [6, 6.07) is 0. The van der Waals surface area contributed by atoms with Gasteiger partial charge in [0.1, 0.15) is 0 Å². The minimum absolute atomic E-state index is 0.0622. The van der Waals surface area contributed by atoms with Crippen LogP contribution in [-0.2, 0) is 0 Å². The van der Waals surface area contributed by atoms with Gasteiger partial charge in [-0.15, -0.1) is 0 Å². The van der Waals surface area contributed by atoms with E-state index in [4.69, 9.17) is 0 Å². The second-order valence-corrected chi connectivity index (χ2v) is 5.89. The Balaban J connectivity index is 2.71. The van der Waals surface area contributed by atoms with Gasteiger partial charge in [0.15, 0.2) is 0 Å². The van der Waals surface area contributed by atoms with Crippen LogP contribution >= 0.6 is 0 Å². The highest BCUT2D eigenvalue weighted by Crippen LogP contribution is 2.47. The van der Waals surface area contributed by atoms with E-state index in [1.165, 1.54) is 32.1 Å². The Labute approximate surface area is 95.3 Å². The number of hydrogen-bond donors (Lipinski definition) is 1. The molecule has 3 unspecified atom stereocenters. The van der Waals surface area contributed by atoms with Gasteiger partial charge in [-0.3, -0.25) is 0 Å². The molecule has 90 valence electrons. The van der Waals surface area contributed by atoms with Crippen molar-refractivity contribution in [3.8, 4) is 0 Å². The predicted molar refractivity (Wildman–Crippen MR) is 65.8 cm³/mol. The second-order valence-electron chi connectivity index (χ2n) is 5.89. The van der Waals surface area contributed by atoms with E-state index >= 15 is 0 Å². The van der Waals surface area contributed by atoms with Gasteiger partial charge in [0.05, 0.1) is 6.10 Å². The number of rotatable bonds is 4. The Bertz CT molecular complexity index is 184. The molecule has 0 saturated heterocycles. The van der Waals surface area contributed by atoms with E-state index in [0.29, 0.717) is 11.8 Å². The van der Waals surface area contributed by atoms with Gasteiger partial charge in [-0.25, -0.2) is 0 Å². The lowest BCUT2D eigenvalue weighted by Crippen LogP contribution is -2.44. The third kappa shape index (κ3) is 2.75. The molecular weight excluding hydrogens is 184 g/mol. The van der Waals surface area contributed by atoms with Crippen molar-refractivity contribution in [2.75, 3.05) is 0 Å². The summed E-state index contributed by atoms with van der Waals surface area (Å²) in [7, 11) is 0. The Kier molecular flexibility index (Phi) is 4.64. The van der Waals surface area contributed by atoms with Crippen molar-refractivity contribution in [3.63, 3.8) is 0 Å². The van der Waals surface area contributed by atoms with Crippen molar-refractivity contribution in [1.82, 2.24) is 0 Å². The molecule has 1 aliphatic rings. The van der Waals surface area contributed by atoms with Crippen molar-refractivity contribution in [2.24, 2.45) is 17.3 Å². The fourth-order valence-corrected chi connectivity index (χ4v) is 3.18. The molecule has 3 atom stereocenters. The van der Waals surface area contributed by atoms with Gasteiger partial charge >= 0.3 is 0 Å². The number of hydrogen-bond acceptors (Lipinski definition) is 1. The maximum absolute atomic E-state index is 10.4. The van der Waals surface area contributed by atoms with Crippen LogP contribution in [0.5, 0.6) is 0 Å². The number of aliphatic hydroxyl groups excluding tert-OH is 1. The zero-order chi connectivity index (χ0) is 11.5. The topological polar surface area (TPSA) is 20.2 Å². The summed E-state index contributed by atoms with van der Waals surface area (Å²) in [5.41, 5.74) is 0.225. The van der Waals surface area contributed by atoms with Crippen molar-refractivity contribution in [1.29, 1.82) is 0 Å². The quantitative estimate of drug-likeness (QED) is 0.747. The molecule has 1 saturated carbocycles. The minimum Gasteiger partial charge on any atom is -0.393 e. The third-order valence-corrected chi connectivity index (χ3v) is 4.54. The summed E-state index contributed by atoms with van der Waals surface area (Å²) in [6.45, 7) is 9.09. The molecule has 1 heteroatoms. The van der Waals surface area contributed by atoms with Gasteiger partial charge in [0.25, 0.3) is 0 Å². The molecule has 15 heavy (non-hydrogen) atoms. The molecule has 1 rings (SSSR count). The Hall–Kier alpha value is -0.0400. The molecule has 0 heterocycles. The maximum atomic E-state index is 10.4. The summed E-state index contributed by atoms with van der Waals surface area (Å²) in [5.74, 6) is 1.33. The molecule has 0 spiro atoms. The zero-order valence-corrected chi connectivity index (χ0v) is 10.9. The van der Waals surface area contributed by atoms with Crippen LogP contribution in [0.2, 0.25) is 0 Å². The summed E-state index contributed by atoms with van der Waals surface area (Å²) in [6.07, 6.45) is 7.22. The van der Waals surface area contributed by atoms with Gasteiger partial charge < -0.3 is 5.11 Å². The SMILES string of the molecule is CCCCC1(C(C)C)CCC(C)CC1O. The Morgan fingerprint density at radius 3 is 2.53 bits per heavy atom. The first-order valence-electron chi connectivity index (χ1n) is 6.71. The molecule has 0 amide bonds. The van der Waals surface area contributed by atoms with Gasteiger partial charge in [0, 0.05) is 0 Å². The van der Waals surface area contributed by atoms with Crippen molar-refractivity contribution in [3.05, 3.63) is 0 Å². The molecule has 1 aliphatic carbocycles. The molecule has 0 aliphatic heterocycles. The van der Waals surface area contributed by atoms with Gasteiger partial charge in [0.2, 0.25) is 0 Å². The smallest absolute Gasteiger partial charge is 0.0601 e. The van der Waals surface area contributed by atoms with Crippen LogP contribution in [0.25, 0.3) is 0 Å². The number of aliphatic hydroxyl groups is 1. The fraction of sp³-hybridized carbons (Fsp3) is 1.00. The van der Waals surface area contributed by atoms with Crippen molar-refractivity contribution in [2.45, 2.75) is 72.3 Å². The first-order valence-corrected chi connectivity index (χ1v) is 6.71. The van der Waals surface area contributed by atoms with Crippen LogP contribution in [0.3, 0.4) is 0 Å². The highest BCUT2D eigenvalue weighted by Gasteiger charge is 2.43. The van der Waals surface area contributed by atoms with E-state index in [9.17, 15) is 5.11 Å². The molecule has 1 N–H and O–H groups in total. The maximum Gasteiger partial charge on any atom is 0.0601 e. The summed E-state index contributed by atoms with van der Waals surface area (Å²) < 4.78 is 0. The fourth-order valence-electron chi connectivity index (χ4n) is 3.18. The summed E-state index contributed by atoms with van der Waals surface area (Å²) in [5, 5.41) is 10.4. The lowest BCUT2D eigenvalue weighted by molar-refractivity contribution is -0.0647. The lowest BCUT2D eigenvalue weighted by Gasteiger charge is -2.47. The molecule has 0 bridgehead atoms. The summed E-state index contributed by atoms with van der Waals surface area (Å²) >= 11 is 0. The monoisotopic (exact) mass is 212 g/mol. The largest absolute Gasteiger partial charge is 0.393 e. The average molecular weight is 212 g/mol. The number of unbranched alkanes of at least 4 members (excludes halogenated alkanes) is 1. The highest BCUT2D eigenvalue weighted by molar-refractivity contribution is 4.93. The average Bonchev–Trinajstić information content (AvgIpc) is 2.16.